The number of anilines is 1. The van der Waals surface area contributed by atoms with Gasteiger partial charge in [-0.15, -0.1) is 0 Å². The van der Waals surface area contributed by atoms with Crippen molar-refractivity contribution in [2.24, 2.45) is 5.73 Å². The Balaban J connectivity index is 1.50. The lowest BCUT2D eigenvalue weighted by Crippen LogP contribution is -2.31. The van der Waals surface area contributed by atoms with Crippen LogP contribution in [0.3, 0.4) is 0 Å². The first-order valence-corrected chi connectivity index (χ1v) is 11.3. The van der Waals surface area contributed by atoms with E-state index in [2.05, 4.69) is 19.9 Å². The molecule has 1 atom stereocenters. The monoisotopic (exact) mass is 483 g/mol. The molecule has 0 saturated carbocycles. The summed E-state index contributed by atoms with van der Waals surface area (Å²) in [6.07, 6.45) is 2.16. The minimum absolute atomic E-state index is 0.0442. The summed E-state index contributed by atoms with van der Waals surface area (Å²) in [6, 6.07) is 1.53. The molecule has 1 aromatic carbocycles. The molecule has 2 aromatic rings. The molecule has 0 unspecified atom stereocenters. The molecule has 1 aromatic heterocycles. The molecular weight excluding hydrogens is 456 g/mol. The molecule has 5 N–H and O–H groups in total. The van der Waals surface area contributed by atoms with Gasteiger partial charge in [0.2, 0.25) is 5.88 Å². The van der Waals surface area contributed by atoms with Crippen molar-refractivity contribution in [2.75, 3.05) is 31.5 Å². The number of rotatable bonds is 10. The molecule has 33 heavy (non-hydrogen) atoms. The molecule has 180 valence electrons. The fourth-order valence-corrected chi connectivity index (χ4v) is 4.18. The second-order valence-corrected chi connectivity index (χ2v) is 8.64. The zero-order valence-corrected chi connectivity index (χ0v) is 19.0. The van der Waals surface area contributed by atoms with Crippen LogP contribution in [-0.4, -0.2) is 58.6 Å². The number of ether oxygens (including phenoxy) is 1. The fourth-order valence-electron chi connectivity index (χ4n) is 3.45. The second-order valence-electron chi connectivity index (χ2n) is 7.87. The van der Waals surface area contributed by atoms with Gasteiger partial charge in [-0.05, 0) is 62.0 Å². The molecule has 3 rings (SSSR count). The third-order valence-electron chi connectivity index (χ3n) is 5.26. The summed E-state index contributed by atoms with van der Waals surface area (Å²) < 4.78 is 37.1. The van der Waals surface area contributed by atoms with E-state index < -0.39 is 23.6 Å². The molecule has 1 fully saturated rings. The van der Waals surface area contributed by atoms with Crippen LogP contribution in [0.1, 0.15) is 40.7 Å². The topological polar surface area (TPSA) is 130 Å². The van der Waals surface area contributed by atoms with Crippen molar-refractivity contribution in [3.63, 3.8) is 0 Å². The summed E-state index contributed by atoms with van der Waals surface area (Å²) in [4.78, 5) is 26.3. The Kier molecular flexibility index (Phi) is 8.53. The highest BCUT2D eigenvalue weighted by atomic mass is 32.1. The number of halogens is 2. The lowest BCUT2D eigenvalue weighted by molar-refractivity contribution is 0.0996. The van der Waals surface area contributed by atoms with Crippen LogP contribution >= 0.6 is 11.5 Å². The number of unbranched alkanes of at least 4 members (excludes halogenated alkanes) is 1. The van der Waals surface area contributed by atoms with Gasteiger partial charge in [0, 0.05) is 25.2 Å². The van der Waals surface area contributed by atoms with Crippen LogP contribution in [0.4, 0.5) is 18.6 Å². The predicted molar refractivity (Wildman–Crippen MR) is 119 cm³/mol. The molecule has 1 saturated heterocycles. The number of hydrogen-bond acceptors (Lipinski definition) is 7. The Morgan fingerprint density at radius 3 is 2.82 bits per heavy atom. The van der Waals surface area contributed by atoms with Crippen molar-refractivity contribution in [1.82, 2.24) is 14.6 Å². The highest BCUT2D eigenvalue weighted by molar-refractivity contribution is 7.11. The number of primary amides is 1. The van der Waals surface area contributed by atoms with E-state index in [1.54, 1.807) is 0 Å². The first kappa shape index (κ1) is 24.8. The first-order valence-electron chi connectivity index (χ1n) is 10.6. The van der Waals surface area contributed by atoms with Gasteiger partial charge in [-0.2, -0.15) is 4.37 Å². The molecule has 0 radical (unpaired) electrons. The molecule has 12 heteroatoms. The number of carbonyl (C=O) groups is 2. The average Bonchev–Trinajstić information content (AvgIpc) is 3.35. The number of aromatic nitrogens is 1. The van der Waals surface area contributed by atoms with Crippen LogP contribution in [-0.2, 0) is 6.61 Å². The summed E-state index contributed by atoms with van der Waals surface area (Å²) in [5.41, 5.74) is 5.38. The normalized spacial score (nSPS) is 16.1. The van der Waals surface area contributed by atoms with E-state index >= 15 is 0 Å². The number of nitrogens with one attached hydrogen (secondary N) is 2. The van der Waals surface area contributed by atoms with Gasteiger partial charge in [-0.3, -0.25) is 10.1 Å². The molecule has 0 aliphatic carbocycles. The number of carbonyl (C=O) groups excluding carboxylic acids is 2. The van der Waals surface area contributed by atoms with E-state index in [4.69, 9.17) is 10.5 Å². The van der Waals surface area contributed by atoms with Crippen molar-refractivity contribution >= 4 is 28.5 Å². The zero-order valence-electron chi connectivity index (χ0n) is 18.2. The van der Waals surface area contributed by atoms with Gasteiger partial charge in [-0.25, -0.2) is 13.6 Å². The number of aryl methyl sites for hydroxylation is 1. The van der Waals surface area contributed by atoms with Crippen molar-refractivity contribution in [1.29, 1.82) is 0 Å². The molecule has 2 heterocycles. The maximum Gasteiger partial charge on any atom is 0.319 e. The lowest BCUT2D eigenvalue weighted by Gasteiger charge is -2.14. The number of hydrogen-bond donors (Lipinski definition) is 4. The average molecular weight is 484 g/mol. The van der Waals surface area contributed by atoms with Gasteiger partial charge in [-0.1, -0.05) is 0 Å². The predicted octanol–water partition coefficient (Wildman–Crippen LogP) is 2.38. The Morgan fingerprint density at radius 2 is 2.12 bits per heavy atom. The zero-order chi connectivity index (χ0) is 24.0. The van der Waals surface area contributed by atoms with Crippen LogP contribution in [0.2, 0.25) is 0 Å². The minimum Gasteiger partial charge on any atom is -0.471 e. The second kappa shape index (κ2) is 11.3. The maximum atomic E-state index is 14.0. The summed E-state index contributed by atoms with van der Waals surface area (Å²) >= 11 is 0.793. The fraction of sp³-hybridized carbons (Fsp3) is 0.476. The SMILES string of the molecule is Cc1cc(F)c(COc2nsc(NC(=O)NCCCCN3CC[C@@H](O)C3)c2C(N)=O)cc1F. The molecule has 1 aliphatic rings. The van der Waals surface area contributed by atoms with Crippen LogP contribution < -0.4 is 21.1 Å². The number of aliphatic hydroxyl groups is 1. The summed E-state index contributed by atoms with van der Waals surface area (Å²) in [7, 11) is 0. The van der Waals surface area contributed by atoms with E-state index in [1.807, 2.05) is 0 Å². The maximum absolute atomic E-state index is 14.0. The molecule has 0 bridgehead atoms. The van der Waals surface area contributed by atoms with E-state index in [-0.39, 0.29) is 40.3 Å². The highest BCUT2D eigenvalue weighted by Crippen LogP contribution is 2.31. The third-order valence-corrected chi connectivity index (χ3v) is 6.01. The van der Waals surface area contributed by atoms with Gasteiger partial charge < -0.3 is 25.8 Å². The van der Waals surface area contributed by atoms with Crippen molar-refractivity contribution < 1.29 is 28.2 Å². The van der Waals surface area contributed by atoms with E-state index in [9.17, 15) is 23.5 Å². The van der Waals surface area contributed by atoms with Gasteiger partial charge in [0.1, 0.15) is 28.8 Å². The number of urea groups is 1. The highest BCUT2D eigenvalue weighted by Gasteiger charge is 2.23. The molecule has 3 amide bonds. The van der Waals surface area contributed by atoms with Crippen molar-refractivity contribution in [3.05, 3.63) is 40.5 Å². The van der Waals surface area contributed by atoms with Crippen molar-refractivity contribution in [2.45, 2.75) is 38.9 Å². The number of aliphatic hydroxyl groups excluding tert-OH is 1. The molecule has 9 nitrogen and oxygen atoms in total. The Morgan fingerprint density at radius 1 is 1.33 bits per heavy atom. The van der Waals surface area contributed by atoms with Gasteiger partial charge in [0.15, 0.2) is 0 Å². The quantitative estimate of drug-likeness (QED) is 0.384. The smallest absolute Gasteiger partial charge is 0.319 e. The summed E-state index contributed by atoms with van der Waals surface area (Å²) in [5.74, 6) is -2.28. The Hall–Kier alpha value is -2.83. The van der Waals surface area contributed by atoms with Crippen molar-refractivity contribution in [3.8, 4) is 5.88 Å². The molecular formula is C21H27F2N5O4S. The Labute approximate surface area is 194 Å². The first-order chi connectivity index (χ1) is 15.7. The van der Waals surface area contributed by atoms with Crippen LogP contribution in [0.15, 0.2) is 12.1 Å². The number of nitrogens with zero attached hydrogens (tertiary/aromatic N) is 2. The van der Waals surface area contributed by atoms with Crippen LogP contribution in [0.25, 0.3) is 0 Å². The number of β-amino-alcohol motifs (C(OH)–C–C–N with tert-alkyl or cyclic N) is 1. The Bertz CT molecular complexity index is 1000. The molecule has 0 spiro atoms. The van der Waals surface area contributed by atoms with E-state index in [0.29, 0.717) is 13.1 Å². The van der Waals surface area contributed by atoms with Crippen LogP contribution in [0, 0.1) is 18.6 Å². The molecule has 1 aliphatic heterocycles. The van der Waals surface area contributed by atoms with Crippen LogP contribution in [0.5, 0.6) is 5.88 Å². The minimum atomic E-state index is -0.877. The number of amides is 3. The lowest BCUT2D eigenvalue weighted by atomic mass is 10.1. The number of likely N-dealkylation sites (tertiary alicyclic amines) is 1. The van der Waals surface area contributed by atoms with Gasteiger partial charge >= 0.3 is 6.03 Å². The standard InChI is InChI=1S/C21H27F2N5O4S/c1-12-8-16(23)13(9-15(12)22)11-32-19-17(18(24)30)20(33-27-19)26-21(31)25-5-2-3-6-28-7-4-14(29)10-28/h8-9,14,29H,2-7,10-11H2,1H3,(H2,24,30)(H2,25,26,31)/t14-/m1/s1. The van der Waals surface area contributed by atoms with E-state index in [1.165, 1.54) is 6.92 Å². The number of nitrogens with two attached hydrogens (primary N) is 1. The van der Waals surface area contributed by atoms with Gasteiger partial charge in [0.05, 0.1) is 6.10 Å². The largest absolute Gasteiger partial charge is 0.471 e. The van der Waals surface area contributed by atoms with E-state index in [0.717, 1.165) is 56.0 Å². The third kappa shape index (κ3) is 6.83. The van der Waals surface area contributed by atoms with Gasteiger partial charge in [0.25, 0.3) is 5.91 Å². The summed E-state index contributed by atoms with van der Waals surface area (Å²) in [6.45, 7) is 3.92. The number of benzene rings is 1. The summed E-state index contributed by atoms with van der Waals surface area (Å²) in [5, 5.41) is 14.8.